The van der Waals surface area contributed by atoms with Gasteiger partial charge in [-0.2, -0.15) is 0 Å². The van der Waals surface area contributed by atoms with Crippen molar-refractivity contribution in [3.63, 3.8) is 0 Å². The lowest BCUT2D eigenvalue weighted by molar-refractivity contribution is 0.182. The highest BCUT2D eigenvalue weighted by molar-refractivity contribution is 5.20. The Kier molecular flexibility index (Phi) is 2.85. The molecule has 0 radical (unpaired) electrons. The van der Waals surface area contributed by atoms with Gasteiger partial charge >= 0.3 is 0 Å². The standard InChI is InChI=1S/C12H17NO/c1-13-8-7-11(9-14)12(13)10-5-3-2-4-6-10/h2-6,11-12,14H,7-9H2,1H3/t11-,12+/m0/s1. The van der Waals surface area contributed by atoms with Gasteiger partial charge in [-0.1, -0.05) is 30.3 Å². The number of likely N-dealkylation sites (tertiary alicyclic amines) is 1. The number of aliphatic hydroxyl groups excluding tert-OH is 1. The molecule has 2 nitrogen and oxygen atoms in total. The van der Waals surface area contributed by atoms with Crippen LogP contribution in [0.2, 0.25) is 0 Å². The number of nitrogens with zero attached hydrogens (tertiary/aromatic N) is 1. The van der Waals surface area contributed by atoms with Gasteiger partial charge in [0.15, 0.2) is 0 Å². The zero-order chi connectivity index (χ0) is 9.97. The van der Waals surface area contributed by atoms with Gasteiger partial charge in [0.2, 0.25) is 0 Å². The number of hydrogen-bond acceptors (Lipinski definition) is 2. The summed E-state index contributed by atoms with van der Waals surface area (Å²) in [6, 6.07) is 10.9. The first kappa shape index (κ1) is 9.69. The third-order valence-corrected chi connectivity index (χ3v) is 3.15. The van der Waals surface area contributed by atoms with Crippen LogP contribution in [0.5, 0.6) is 0 Å². The van der Waals surface area contributed by atoms with Crippen LogP contribution in [0.4, 0.5) is 0 Å². The predicted octanol–water partition coefficient (Wildman–Crippen LogP) is 1.67. The minimum Gasteiger partial charge on any atom is -0.396 e. The normalized spacial score (nSPS) is 28.1. The average molecular weight is 191 g/mol. The van der Waals surface area contributed by atoms with E-state index in [0.29, 0.717) is 18.6 Å². The Bertz CT molecular complexity index is 286. The Balaban J connectivity index is 2.23. The van der Waals surface area contributed by atoms with E-state index >= 15 is 0 Å². The smallest absolute Gasteiger partial charge is 0.0478 e. The van der Waals surface area contributed by atoms with Crippen LogP contribution in [-0.2, 0) is 0 Å². The van der Waals surface area contributed by atoms with Gasteiger partial charge in [-0.05, 0) is 25.6 Å². The van der Waals surface area contributed by atoms with Crippen molar-refractivity contribution >= 4 is 0 Å². The van der Waals surface area contributed by atoms with Crippen molar-refractivity contribution in [2.24, 2.45) is 5.92 Å². The Morgan fingerprint density at radius 2 is 2.07 bits per heavy atom. The summed E-state index contributed by atoms with van der Waals surface area (Å²) in [6.45, 7) is 1.38. The van der Waals surface area contributed by atoms with Crippen LogP contribution >= 0.6 is 0 Å². The van der Waals surface area contributed by atoms with Crippen LogP contribution in [0.3, 0.4) is 0 Å². The van der Waals surface area contributed by atoms with Crippen LogP contribution in [0.15, 0.2) is 30.3 Å². The maximum Gasteiger partial charge on any atom is 0.0478 e. The molecule has 0 amide bonds. The van der Waals surface area contributed by atoms with E-state index in [-0.39, 0.29) is 0 Å². The van der Waals surface area contributed by atoms with Crippen molar-refractivity contribution in [2.75, 3.05) is 20.2 Å². The topological polar surface area (TPSA) is 23.5 Å². The molecule has 1 aromatic carbocycles. The molecule has 2 atom stereocenters. The summed E-state index contributed by atoms with van der Waals surface area (Å²) in [5, 5.41) is 9.29. The van der Waals surface area contributed by atoms with Crippen LogP contribution < -0.4 is 0 Å². The first-order valence-corrected chi connectivity index (χ1v) is 5.19. The van der Waals surface area contributed by atoms with Gasteiger partial charge in [0.25, 0.3) is 0 Å². The van der Waals surface area contributed by atoms with Crippen molar-refractivity contribution in [2.45, 2.75) is 12.5 Å². The molecule has 0 aromatic heterocycles. The maximum atomic E-state index is 9.29. The van der Waals surface area contributed by atoms with Gasteiger partial charge < -0.3 is 5.11 Å². The second-order valence-electron chi connectivity index (χ2n) is 4.07. The van der Waals surface area contributed by atoms with Crippen LogP contribution in [-0.4, -0.2) is 30.2 Å². The van der Waals surface area contributed by atoms with Gasteiger partial charge in [0, 0.05) is 18.6 Å². The number of aliphatic hydroxyl groups is 1. The molecule has 1 aliphatic heterocycles. The first-order valence-electron chi connectivity index (χ1n) is 5.19. The quantitative estimate of drug-likeness (QED) is 0.768. The van der Waals surface area contributed by atoms with Gasteiger partial charge in [-0.25, -0.2) is 0 Å². The zero-order valence-corrected chi connectivity index (χ0v) is 8.56. The molecule has 1 heterocycles. The van der Waals surface area contributed by atoms with Gasteiger partial charge in [0.05, 0.1) is 0 Å². The summed E-state index contributed by atoms with van der Waals surface area (Å²) in [7, 11) is 2.13. The summed E-state index contributed by atoms with van der Waals surface area (Å²) in [5.74, 6) is 0.405. The molecule has 1 N–H and O–H groups in total. The number of benzene rings is 1. The van der Waals surface area contributed by atoms with Crippen LogP contribution in [0.1, 0.15) is 18.0 Å². The van der Waals surface area contributed by atoms with Gasteiger partial charge in [-0.3, -0.25) is 4.90 Å². The molecule has 1 aromatic rings. The Morgan fingerprint density at radius 3 is 2.71 bits per heavy atom. The van der Waals surface area contributed by atoms with Gasteiger partial charge in [-0.15, -0.1) is 0 Å². The zero-order valence-electron chi connectivity index (χ0n) is 8.56. The van der Waals surface area contributed by atoms with Crippen molar-refractivity contribution in [3.8, 4) is 0 Å². The van der Waals surface area contributed by atoms with Crippen molar-refractivity contribution < 1.29 is 5.11 Å². The van der Waals surface area contributed by atoms with E-state index in [0.717, 1.165) is 13.0 Å². The fraction of sp³-hybridized carbons (Fsp3) is 0.500. The van der Waals surface area contributed by atoms with Gasteiger partial charge in [0.1, 0.15) is 0 Å². The molecule has 1 aliphatic rings. The molecule has 0 spiro atoms. The Labute approximate surface area is 85.2 Å². The van der Waals surface area contributed by atoms with Crippen LogP contribution in [0.25, 0.3) is 0 Å². The maximum absolute atomic E-state index is 9.29. The molecule has 2 heteroatoms. The predicted molar refractivity (Wildman–Crippen MR) is 57.0 cm³/mol. The summed E-state index contributed by atoms with van der Waals surface area (Å²) < 4.78 is 0. The van der Waals surface area contributed by atoms with Crippen molar-refractivity contribution in [1.29, 1.82) is 0 Å². The van der Waals surface area contributed by atoms with E-state index in [4.69, 9.17) is 0 Å². The third kappa shape index (κ3) is 1.68. The molecule has 14 heavy (non-hydrogen) atoms. The van der Waals surface area contributed by atoms with E-state index in [1.807, 2.05) is 6.07 Å². The molecule has 1 saturated heterocycles. The summed E-state index contributed by atoms with van der Waals surface area (Å²) in [5.41, 5.74) is 1.33. The minimum atomic E-state index is 0.296. The van der Waals surface area contributed by atoms with E-state index in [1.54, 1.807) is 0 Å². The molecule has 2 rings (SSSR count). The third-order valence-electron chi connectivity index (χ3n) is 3.15. The average Bonchev–Trinajstić information content (AvgIpc) is 2.61. The first-order chi connectivity index (χ1) is 6.83. The lowest BCUT2D eigenvalue weighted by atomic mass is 9.95. The minimum absolute atomic E-state index is 0.296. The van der Waals surface area contributed by atoms with E-state index in [2.05, 4.69) is 36.2 Å². The fourth-order valence-electron chi connectivity index (χ4n) is 2.39. The Hall–Kier alpha value is -0.860. The molecule has 0 unspecified atom stereocenters. The summed E-state index contributed by atoms with van der Waals surface area (Å²) >= 11 is 0. The second-order valence-corrected chi connectivity index (χ2v) is 4.07. The molecule has 0 bridgehead atoms. The summed E-state index contributed by atoms with van der Waals surface area (Å²) in [4.78, 5) is 2.33. The molecule has 1 fully saturated rings. The monoisotopic (exact) mass is 191 g/mol. The fourth-order valence-corrected chi connectivity index (χ4v) is 2.39. The highest BCUT2D eigenvalue weighted by atomic mass is 16.3. The Morgan fingerprint density at radius 1 is 1.36 bits per heavy atom. The molecule has 76 valence electrons. The molecule has 0 saturated carbocycles. The summed E-state index contributed by atoms with van der Waals surface area (Å²) in [6.07, 6.45) is 1.10. The van der Waals surface area contributed by atoms with Crippen LogP contribution in [0, 0.1) is 5.92 Å². The second kappa shape index (κ2) is 4.11. The molecular formula is C12H17NO. The molecule has 0 aliphatic carbocycles. The SMILES string of the molecule is CN1CC[C@@H](CO)[C@H]1c1ccccc1. The highest BCUT2D eigenvalue weighted by Crippen LogP contribution is 2.35. The largest absolute Gasteiger partial charge is 0.396 e. The number of rotatable bonds is 2. The highest BCUT2D eigenvalue weighted by Gasteiger charge is 2.31. The van der Waals surface area contributed by atoms with E-state index < -0.39 is 0 Å². The van der Waals surface area contributed by atoms with E-state index in [9.17, 15) is 5.11 Å². The lowest BCUT2D eigenvalue weighted by Gasteiger charge is -2.24. The van der Waals surface area contributed by atoms with E-state index in [1.165, 1.54) is 5.56 Å². The number of hydrogen-bond donors (Lipinski definition) is 1. The van der Waals surface area contributed by atoms with Crippen molar-refractivity contribution in [3.05, 3.63) is 35.9 Å². The van der Waals surface area contributed by atoms with Crippen molar-refractivity contribution in [1.82, 2.24) is 4.90 Å². The lowest BCUT2D eigenvalue weighted by Crippen LogP contribution is -2.22. The molecular weight excluding hydrogens is 174 g/mol.